The van der Waals surface area contributed by atoms with Gasteiger partial charge in [0.1, 0.15) is 0 Å². The van der Waals surface area contributed by atoms with Gasteiger partial charge in [-0.2, -0.15) is 0 Å². The summed E-state index contributed by atoms with van der Waals surface area (Å²) in [5.41, 5.74) is 0. The van der Waals surface area contributed by atoms with Crippen LogP contribution in [0.5, 0.6) is 0 Å². The van der Waals surface area contributed by atoms with Crippen LogP contribution < -0.4 is 5.32 Å². The van der Waals surface area contributed by atoms with Gasteiger partial charge in [-0.15, -0.1) is 0 Å². The Balaban J connectivity index is 2.28. The summed E-state index contributed by atoms with van der Waals surface area (Å²) in [6, 6.07) is 0. The minimum atomic E-state index is -0.0204. The molecule has 0 spiro atoms. The molecule has 0 radical (unpaired) electrons. The standard InChI is InChI=1S/C21H41NO3/c1-17(2)10-5-6-11-19(21(23)22-16-18(3)4)12-9-15-25-20-13-7-8-14-24-20/h17-20H,5-16H2,1-4H3,(H,22,23). The van der Waals surface area contributed by atoms with Gasteiger partial charge < -0.3 is 14.8 Å². The van der Waals surface area contributed by atoms with Gasteiger partial charge in [-0.1, -0.05) is 47.0 Å². The Morgan fingerprint density at radius 2 is 1.76 bits per heavy atom. The molecular weight excluding hydrogens is 314 g/mol. The Morgan fingerprint density at radius 3 is 2.40 bits per heavy atom. The molecule has 1 aliphatic rings. The van der Waals surface area contributed by atoms with E-state index < -0.39 is 0 Å². The van der Waals surface area contributed by atoms with Crippen molar-refractivity contribution >= 4 is 5.91 Å². The molecule has 1 aliphatic heterocycles. The van der Waals surface area contributed by atoms with Crippen LogP contribution in [0.3, 0.4) is 0 Å². The van der Waals surface area contributed by atoms with Gasteiger partial charge in [0.25, 0.3) is 0 Å². The monoisotopic (exact) mass is 355 g/mol. The third-order valence-electron chi connectivity index (χ3n) is 4.78. The minimum Gasteiger partial charge on any atom is -0.356 e. The third-order valence-corrected chi connectivity index (χ3v) is 4.78. The first-order valence-electron chi connectivity index (χ1n) is 10.5. The fourth-order valence-corrected chi connectivity index (χ4v) is 3.19. The van der Waals surface area contributed by atoms with Crippen LogP contribution in [-0.4, -0.2) is 32.0 Å². The summed E-state index contributed by atoms with van der Waals surface area (Å²) in [6.45, 7) is 11.1. The summed E-state index contributed by atoms with van der Waals surface area (Å²) in [7, 11) is 0. The first-order chi connectivity index (χ1) is 12.0. The van der Waals surface area contributed by atoms with E-state index in [1.54, 1.807) is 0 Å². The van der Waals surface area contributed by atoms with E-state index in [1.165, 1.54) is 19.3 Å². The minimum absolute atomic E-state index is 0.0204. The normalized spacial score (nSPS) is 19.4. The highest BCUT2D eigenvalue weighted by molar-refractivity contribution is 5.78. The van der Waals surface area contributed by atoms with Crippen LogP contribution in [0.4, 0.5) is 0 Å². The van der Waals surface area contributed by atoms with Gasteiger partial charge in [0.15, 0.2) is 6.29 Å². The molecule has 0 aromatic heterocycles. The molecule has 0 aromatic rings. The topological polar surface area (TPSA) is 47.6 Å². The number of carbonyl (C=O) groups excluding carboxylic acids is 1. The smallest absolute Gasteiger partial charge is 0.223 e. The maximum Gasteiger partial charge on any atom is 0.223 e. The van der Waals surface area contributed by atoms with Crippen molar-refractivity contribution in [1.82, 2.24) is 5.32 Å². The summed E-state index contributed by atoms with van der Waals surface area (Å²) in [5, 5.41) is 3.12. The van der Waals surface area contributed by atoms with Gasteiger partial charge in [0, 0.05) is 25.7 Å². The maximum atomic E-state index is 12.5. The molecule has 0 aliphatic carbocycles. The molecule has 4 heteroatoms. The van der Waals surface area contributed by atoms with Crippen LogP contribution in [0.25, 0.3) is 0 Å². The zero-order valence-electron chi connectivity index (χ0n) is 17.0. The van der Waals surface area contributed by atoms with Crippen molar-refractivity contribution in [3.05, 3.63) is 0 Å². The largest absolute Gasteiger partial charge is 0.356 e. The van der Waals surface area contributed by atoms with E-state index in [0.717, 1.165) is 57.6 Å². The van der Waals surface area contributed by atoms with Crippen LogP contribution in [0.1, 0.15) is 85.5 Å². The van der Waals surface area contributed by atoms with E-state index in [1.807, 2.05) is 0 Å². The van der Waals surface area contributed by atoms with Gasteiger partial charge in [-0.3, -0.25) is 4.79 Å². The predicted molar refractivity (Wildman–Crippen MR) is 103 cm³/mol. The molecule has 1 fully saturated rings. The van der Waals surface area contributed by atoms with E-state index in [9.17, 15) is 4.79 Å². The lowest BCUT2D eigenvalue weighted by atomic mass is 9.94. The van der Waals surface area contributed by atoms with Crippen molar-refractivity contribution in [2.24, 2.45) is 17.8 Å². The van der Waals surface area contributed by atoms with Gasteiger partial charge in [0.05, 0.1) is 0 Å². The Hall–Kier alpha value is -0.610. The summed E-state index contributed by atoms with van der Waals surface area (Å²) in [5.74, 6) is 1.60. The number of nitrogens with one attached hydrogen (secondary N) is 1. The molecule has 0 saturated carbocycles. The molecule has 4 nitrogen and oxygen atoms in total. The fourth-order valence-electron chi connectivity index (χ4n) is 3.19. The summed E-state index contributed by atoms with van der Waals surface area (Å²) < 4.78 is 11.4. The van der Waals surface area contributed by atoms with E-state index in [4.69, 9.17) is 9.47 Å². The van der Waals surface area contributed by atoms with Crippen LogP contribution >= 0.6 is 0 Å². The van der Waals surface area contributed by atoms with Crippen molar-refractivity contribution < 1.29 is 14.3 Å². The van der Waals surface area contributed by atoms with E-state index >= 15 is 0 Å². The second kappa shape index (κ2) is 13.6. The highest BCUT2D eigenvalue weighted by Crippen LogP contribution is 2.19. The summed E-state index contributed by atoms with van der Waals surface area (Å²) >= 11 is 0. The number of rotatable bonds is 13. The Labute approximate surface area is 155 Å². The Morgan fingerprint density at radius 1 is 1.04 bits per heavy atom. The van der Waals surface area contributed by atoms with Crippen molar-refractivity contribution in [3.63, 3.8) is 0 Å². The van der Waals surface area contributed by atoms with Crippen molar-refractivity contribution in [2.45, 2.75) is 91.8 Å². The number of hydrogen-bond donors (Lipinski definition) is 1. The zero-order valence-corrected chi connectivity index (χ0v) is 17.0. The molecular formula is C21H41NO3. The molecule has 0 aromatic carbocycles. The number of hydrogen-bond acceptors (Lipinski definition) is 3. The lowest BCUT2D eigenvalue weighted by molar-refractivity contribution is -0.163. The van der Waals surface area contributed by atoms with Crippen LogP contribution in [-0.2, 0) is 14.3 Å². The quantitative estimate of drug-likeness (QED) is 0.477. The molecule has 0 bridgehead atoms. The molecule has 2 unspecified atom stereocenters. The SMILES string of the molecule is CC(C)CCCCC(CCCOC1CCCCO1)C(=O)NCC(C)C. The highest BCUT2D eigenvalue weighted by Gasteiger charge is 2.19. The average molecular weight is 356 g/mol. The lowest BCUT2D eigenvalue weighted by Gasteiger charge is -2.23. The molecule has 1 saturated heterocycles. The van der Waals surface area contributed by atoms with Crippen LogP contribution in [0, 0.1) is 17.8 Å². The number of unbranched alkanes of at least 4 members (excludes halogenated alkanes) is 1. The first-order valence-corrected chi connectivity index (χ1v) is 10.5. The van der Waals surface area contributed by atoms with E-state index in [-0.39, 0.29) is 18.1 Å². The Kier molecular flexibility index (Phi) is 12.2. The molecule has 1 rings (SSSR count). The van der Waals surface area contributed by atoms with E-state index in [2.05, 4.69) is 33.0 Å². The average Bonchev–Trinajstić information content (AvgIpc) is 2.58. The van der Waals surface area contributed by atoms with Gasteiger partial charge in [0.2, 0.25) is 5.91 Å². The first kappa shape index (κ1) is 22.4. The molecule has 2 atom stereocenters. The van der Waals surface area contributed by atoms with Crippen molar-refractivity contribution in [3.8, 4) is 0 Å². The van der Waals surface area contributed by atoms with Crippen LogP contribution in [0.2, 0.25) is 0 Å². The fraction of sp³-hybridized carbons (Fsp3) is 0.952. The van der Waals surface area contributed by atoms with Gasteiger partial charge in [-0.25, -0.2) is 0 Å². The summed E-state index contributed by atoms with van der Waals surface area (Å²) in [4.78, 5) is 12.5. The Bertz CT molecular complexity index is 338. The molecule has 1 N–H and O–H groups in total. The third kappa shape index (κ3) is 11.6. The lowest BCUT2D eigenvalue weighted by Crippen LogP contribution is -2.33. The van der Waals surface area contributed by atoms with Crippen molar-refractivity contribution in [2.75, 3.05) is 19.8 Å². The molecule has 148 valence electrons. The molecule has 1 amide bonds. The second-order valence-electron chi connectivity index (χ2n) is 8.32. The number of ether oxygens (including phenoxy) is 2. The van der Waals surface area contributed by atoms with Crippen molar-refractivity contribution in [1.29, 1.82) is 0 Å². The van der Waals surface area contributed by atoms with Crippen LogP contribution in [0.15, 0.2) is 0 Å². The molecule has 1 heterocycles. The zero-order chi connectivity index (χ0) is 18.5. The maximum absolute atomic E-state index is 12.5. The predicted octanol–water partition coefficient (Wildman–Crippen LogP) is 4.91. The highest BCUT2D eigenvalue weighted by atomic mass is 16.7. The van der Waals surface area contributed by atoms with Gasteiger partial charge in [-0.05, 0) is 50.4 Å². The molecule has 25 heavy (non-hydrogen) atoms. The summed E-state index contributed by atoms with van der Waals surface area (Å²) in [6.07, 6.45) is 9.79. The number of carbonyl (C=O) groups is 1. The van der Waals surface area contributed by atoms with Gasteiger partial charge >= 0.3 is 0 Å². The van der Waals surface area contributed by atoms with E-state index in [0.29, 0.717) is 12.5 Å². The number of amides is 1. The second-order valence-corrected chi connectivity index (χ2v) is 8.32.